The highest BCUT2D eigenvalue weighted by Gasteiger charge is 1.97. The summed E-state index contributed by atoms with van der Waals surface area (Å²) in [5, 5.41) is 3.16. The molecular weight excluding hydrogens is 228 g/mol. The van der Waals surface area contributed by atoms with Crippen LogP contribution in [-0.2, 0) is 16.6 Å². The zero-order valence-corrected chi connectivity index (χ0v) is 10.2. The molecule has 2 N–H and O–H groups in total. The van der Waals surface area contributed by atoms with Crippen molar-refractivity contribution in [2.45, 2.75) is 13.0 Å². The van der Waals surface area contributed by atoms with Gasteiger partial charge in [0.2, 0.25) is 10.0 Å². The molecule has 1 heterocycles. The maximum Gasteiger partial charge on any atom is 0.208 e. The molecule has 1 aromatic heterocycles. The van der Waals surface area contributed by atoms with Gasteiger partial charge in [-0.1, -0.05) is 0 Å². The molecule has 6 nitrogen and oxygen atoms in total. The average molecular weight is 246 g/mol. The number of hydrogen-bond acceptors (Lipinski definition) is 4. The number of imidazole rings is 1. The van der Waals surface area contributed by atoms with Gasteiger partial charge < -0.3 is 9.88 Å². The Morgan fingerprint density at radius 3 is 2.75 bits per heavy atom. The predicted octanol–water partition coefficient (Wildman–Crippen LogP) is -0.588. The maximum atomic E-state index is 10.7. The van der Waals surface area contributed by atoms with Crippen LogP contribution >= 0.6 is 0 Å². The number of rotatable bonds is 8. The van der Waals surface area contributed by atoms with Gasteiger partial charge in [-0.15, -0.1) is 0 Å². The Labute approximate surface area is 96.1 Å². The van der Waals surface area contributed by atoms with Gasteiger partial charge in [0.15, 0.2) is 0 Å². The molecule has 7 heteroatoms. The molecule has 0 aliphatic carbocycles. The summed E-state index contributed by atoms with van der Waals surface area (Å²) in [6.07, 6.45) is 7.61. The first kappa shape index (κ1) is 13.1. The van der Waals surface area contributed by atoms with Crippen molar-refractivity contribution in [1.29, 1.82) is 0 Å². The van der Waals surface area contributed by atoms with Crippen molar-refractivity contribution in [1.82, 2.24) is 19.6 Å². The van der Waals surface area contributed by atoms with Crippen molar-refractivity contribution in [2.24, 2.45) is 0 Å². The van der Waals surface area contributed by atoms with Crippen molar-refractivity contribution in [3.8, 4) is 0 Å². The minimum absolute atomic E-state index is 0.434. The average Bonchev–Trinajstić information content (AvgIpc) is 2.67. The van der Waals surface area contributed by atoms with Gasteiger partial charge in [-0.05, 0) is 13.0 Å². The van der Waals surface area contributed by atoms with Gasteiger partial charge in [0.25, 0.3) is 0 Å². The molecule has 0 aromatic carbocycles. The highest BCUT2D eigenvalue weighted by molar-refractivity contribution is 7.88. The van der Waals surface area contributed by atoms with E-state index in [4.69, 9.17) is 0 Å². The van der Waals surface area contributed by atoms with Gasteiger partial charge in [0.05, 0.1) is 12.6 Å². The Balaban J connectivity index is 1.93. The van der Waals surface area contributed by atoms with Crippen LogP contribution < -0.4 is 10.0 Å². The summed E-state index contributed by atoms with van der Waals surface area (Å²) in [6, 6.07) is 0. The fourth-order valence-electron chi connectivity index (χ4n) is 1.26. The lowest BCUT2D eigenvalue weighted by molar-refractivity contribution is 0.565. The van der Waals surface area contributed by atoms with Crippen LogP contribution in [0.5, 0.6) is 0 Å². The second-order valence-electron chi connectivity index (χ2n) is 3.57. The highest BCUT2D eigenvalue weighted by Crippen LogP contribution is 1.88. The Morgan fingerprint density at radius 2 is 2.12 bits per heavy atom. The van der Waals surface area contributed by atoms with Gasteiger partial charge >= 0.3 is 0 Å². The predicted molar refractivity (Wildman–Crippen MR) is 62.6 cm³/mol. The molecule has 0 aliphatic rings. The van der Waals surface area contributed by atoms with E-state index in [0.29, 0.717) is 13.1 Å². The van der Waals surface area contributed by atoms with Crippen LogP contribution in [0.1, 0.15) is 6.42 Å². The summed E-state index contributed by atoms with van der Waals surface area (Å²) in [5.41, 5.74) is 0. The Bertz CT molecular complexity index is 374. The van der Waals surface area contributed by atoms with Gasteiger partial charge in [0.1, 0.15) is 0 Å². The molecule has 0 saturated heterocycles. The van der Waals surface area contributed by atoms with Crippen LogP contribution in [0.3, 0.4) is 0 Å². The third-order valence-electron chi connectivity index (χ3n) is 2.00. The van der Waals surface area contributed by atoms with Crippen LogP contribution in [0.2, 0.25) is 0 Å². The van der Waals surface area contributed by atoms with E-state index in [1.54, 1.807) is 12.5 Å². The van der Waals surface area contributed by atoms with E-state index < -0.39 is 10.0 Å². The number of nitrogens with zero attached hydrogens (tertiary/aromatic N) is 2. The van der Waals surface area contributed by atoms with Crippen LogP contribution in [0.25, 0.3) is 0 Å². The number of hydrogen-bond donors (Lipinski definition) is 2. The molecule has 0 unspecified atom stereocenters. The van der Waals surface area contributed by atoms with Gasteiger partial charge in [-0.2, -0.15) is 0 Å². The van der Waals surface area contributed by atoms with Gasteiger partial charge in [-0.3, -0.25) is 0 Å². The first-order valence-electron chi connectivity index (χ1n) is 5.19. The van der Waals surface area contributed by atoms with E-state index in [2.05, 4.69) is 15.0 Å². The third kappa shape index (κ3) is 6.54. The van der Waals surface area contributed by atoms with E-state index in [1.165, 1.54) is 0 Å². The number of aryl methyl sites for hydroxylation is 1. The number of nitrogens with one attached hydrogen (secondary N) is 2. The third-order valence-corrected chi connectivity index (χ3v) is 2.72. The van der Waals surface area contributed by atoms with E-state index in [-0.39, 0.29) is 0 Å². The molecule has 0 fully saturated rings. The van der Waals surface area contributed by atoms with Crippen molar-refractivity contribution >= 4 is 10.0 Å². The molecule has 0 bridgehead atoms. The molecule has 16 heavy (non-hydrogen) atoms. The molecule has 1 rings (SSSR count). The number of sulfonamides is 1. The zero-order valence-electron chi connectivity index (χ0n) is 9.39. The summed E-state index contributed by atoms with van der Waals surface area (Å²) in [7, 11) is -3.05. The summed E-state index contributed by atoms with van der Waals surface area (Å²) in [4.78, 5) is 3.94. The lowest BCUT2D eigenvalue weighted by atomic mass is 10.4. The van der Waals surface area contributed by atoms with E-state index in [0.717, 1.165) is 25.8 Å². The Kier molecular flexibility index (Phi) is 5.44. The van der Waals surface area contributed by atoms with Crippen molar-refractivity contribution in [3.63, 3.8) is 0 Å². The summed E-state index contributed by atoms with van der Waals surface area (Å²) in [6.45, 7) is 2.87. The van der Waals surface area contributed by atoms with Crippen molar-refractivity contribution < 1.29 is 8.42 Å². The molecule has 1 aromatic rings. The number of aromatic nitrogens is 2. The first-order valence-corrected chi connectivity index (χ1v) is 7.08. The fraction of sp³-hybridized carbons (Fsp3) is 0.667. The highest BCUT2D eigenvalue weighted by atomic mass is 32.2. The SMILES string of the molecule is CS(=O)(=O)NCCNCCCn1ccnc1. The topological polar surface area (TPSA) is 76.0 Å². The van der Waals surface area contributed by atoms with Crippen LogP contribution in [0.15, 0.2) is 18.7 Å². The van der Waals surface area contributed by atoms with E-state index in [9.17, 15) is 8.42 Å². The van der Waals surface area contributed by atoms with Gasteiger partial charge in [-0.25, -0.2) is 18.1 Å². The molecule has 0 radical (unpaired) electrons. The van der Waals surface area contributed by atoms with E-state index in [1.807, 2.05) is 10.8 Å². The summed E-state index contributed by atoms with van der Waals surface area (Å²) < 4.78 is 25.9. The summed E-state index contributed by atoms with van der Waals surface area (Å²) >= 11 is 0. The molecular formula is C9H18N4O2S. The monoisotopic (exact) mass is 246 g/mol. The second kappa shape index (κ2) is 6.62. The fourth-order valence-corrected chi connectivity index (χ4v) is 1.73. The Morgan fingerprint density at radius 1 is 1.31 bits per heavy atom. The minimum Gasteiger partial charge on any atom is -0.337 e. The summed E-state index contributed by atoms with van der Waals surface area (Å²) in [5.74, 6) is 0. The van der Waals surface area contributed by atoms with Crippen LogP contribution in [-0.4, -0.2) is 43.9 Å². The van der Waals surface area contributed by atoms with Gasteiger partial charge in [0, 0.05) is 32.0 Å². The maximum absolute atomic E-state index is 10.7. The van der Waals surface area contributed by atoms with Crippen molar-refractivity contribution in [2.75, 3.05) is 25.9 Å². The lowest BCUT2D eigenvalue weighted by Crippen LogP contribution is -2.31. The molecule has 0 saturated carbocycles. The van der Waals surface area contributed by atoms with E-state index >= 15 is 0 Å². The molecule has 92 valence electrons. The molecule has 0 atom stereocenters. The lowest BCUT2D eigenvalue weighted by Gasteiger charge is -2.05. The first-order chi connectivity index (χ1) is 7.58. The molecule has 0 aliphatic heterocycles. The second-order valence-corrected chi connectivity index (χ2v) is 5.40. The standard InChI is InChI=1S/C9H18N4O2S/c1-16(14,15)12-5-4-10-3-2-7-13-8-6-11-9-13/h6,8-10,12H,2-5,7H2,1H3. The molecule has 0 amide bonds. The van der Waals surface area contributed by atoms with Crippen LogP contribution in [0.4, 0.5) is 0 Å². The minimum atomic E-state index is -3.05. The zero-order chi connectivity index (χ0) is 11.9. The normalized spacial score (nSPS) is 11.8. The van der Waals surface area contributed by atoms with Crippen LogP contribution in [0, 0.1) is 0 Å². The Hall–Kier alpha value is -0.920. The smallest absolute Gasteiger partial charge is 0.208 e. The largest absolute Gasteiger partial charge is 0.337 e. The quantitative estimate of drug-likeness (QED) is 0.601. The van der Waals surface area contributed by atoms with Crippen molar-refractivity contribution in [3.05, 3.63) is 18.7 Å². The molecule has 0 spiro atoms.